The van der Waals surface area contributed by atoms with Gasteiger partial charge in [-0.1, -0.05) is 0 Å². The van der Waals surface area contributed by atoms with E-state index in [1.54, 1.807) is 0 Å². The lowest BCUT2D eigenvalue weighted by Gasteiger charge is -2.43. The van der Waals surface area contributed by atoms with E-state index in [1.807, 2.05) is 0 Å². The van der Waals surface area contributed by atoms with Crippen molar-refractivity contribution in [1.29, 1.82) is 0 Å². The second kappa shape index (κ2) is 46.2. The summed E-state index contributed by atoms with van der Waals surface area (Å²) >= 11 is 0. The second-order valence-corrected chi connectivity index (χ2v) is 25.4. The van der Waals surface area contributed by atoms with Crippen molar-refractivity contribution in [3.8, 4) is 0 Å². The lowest BCUT2D eigenvalue weighted by Crippen LogP contribution is -2.65. The molecule has 8 aliphatic heterocycles. The average molecular weight is 1590 g/mol. The van der Waals surface area contributed by atoms with Crippen LogP contribution in [0.15, 0.2) is 0 Å². The van der Waals surface area contributed by atoms with Gasteiger partial charge in [-0.25, -0.2) is 111 Å². The molecule has 8 rings (SSSR count). The number of carboxylic acids is 2. The van der Waals surface area contributed by atoms with Crippen LogP contribution in [0, 0.1) is 0 Å². The maximum Gasteiger partial charge on any atom is 0.358 e. The van der Waals surface area contributed by atoms with E-state index < -0.39 is 114 Å². The van der Waals surface area contributed by atoms with Crippen LogP contribution in [0.2, 0.25) is 0 Å². The number of urea groups is 4. The van der Waals surface area contributed by atoms with Gasteiger partial charge in [-0.05, 0) is 84.0 Å². The Labute approximate surface area is 638 Å². The Kier molecular flexibility index (Phi) is 39.1. The standard InChI is InChI=1S/C15H24N4O6.C12H20N4O6.C12H18N4O5.C10H16N4O4.C8H14N2O3.C7H12N2O3/c1-10(20)7-9-17(16-11(2)21)15(24)19-13(14(23)25-4)6-5-8-18(19)12(3)22;1-8(17)14-15(7-5-10(18)19)12(21)16-9(11(20)22-2)4-3-6-13-16;1-8(17)13-14-7-5-10(18)15-6-3-4-9(11(19)21-2)16(15)12(14)20;1-18-9(16)7-3-2-5-13-8(15)4-6-12(11)10(17)14(7)13;1-6(11)10-5-3-4-7(9-10)8(12)13-2;1-5(10)9-4-2-3-6(8-9)7(11)12/h13H,5-9H2,1-4H3,(H,16,21);9,13H,3-7H2,1-2H3,(H,14,17)(H,18,19);9H,3-7H2,1-2H3,(H,13,17);7H,2-6,11H2,1H3;7,9H,3-5H2,1-2H3;6,8H,2-4H2,1H3,(H,11,12)/t13-;2*9-;2*7-;6-/m000000/s1. The van der Waals surface area contributed by atoms with Crippen LogP contribution in [-0.2, 0) is 100 Å². The fourth-order valence-electron chi connectivity index (χ4n) is 11.8. The van der Waals surface area contributed by atoms with E-state index >= 15 is 0 Å². The maximum atomic E-state index is 12.9. The van der Waals surface area contributed by atoms with Crippen LogP contribution in [0.1, 0.15) is 151 Å². The number of methoxy groups -OCH3 is 5. The minimum absolute atomic E-state index is 0.0167. The predicted molar refractivity (Wildman–Crippen MR) is 374 cm³/mol. The molecule has 0 aliphatic carbocycles. The molecule has 47 nitrogen and oxygen atoms in total. The number of nitrogens with zero attached hydrogens (tertiary/aromatic N) is 13. The van der Waals surface area contributed by atoms with Gasteiger partial charge in [0.2, 0.25) is 47.3 Å². The zero-order chi connectivity index (χ0) is 83.7. The van der Waals surface area contributed by atoms with Gasteiger partial charge in [-0.2, -0.15) is 0 Å². The summed E-state index contributed by atoms with van der Waals surface area (Å²) in [6.07, 6.45) is 6.86. The Bertz CT molecular complexity index is 3370. The number of amides is 16. The Morgan fingerprint density at radius 1 is 0.468 bits per heavy atom. The van der Waals surface area contributed by atoms with Crippen LogP contribution < -0.4 is 38.4 Å². The van der Waals surface area contributed by atoms with Gasteiger partial charge in [-0.15, -0.1) is 0 Å². The number of esters is 5. The van der Waals surface area contributed by atoms with Gasteiger partial charge >= 0.3 is 65.9 Å². The number of ether oxygens (including phenoxy) is 5. The molecule has 0 bridgehead atoms. The highest BCUT2D eigenvalue weighted by Crippen LogP contribution is 2.27. The van der Waals surface area contributed by atoms with E-state index in [9.17, 15) is 95.9 Å². The Morgan fingerprint density at radius 3 is 1.35 bits per heavy atom. The number of hydrogen-bond donors (Lipinski definition) is 9. The molecule has 0 saturated carbocycles. The Morgan fingerprint density at radius 2 is 0.892 bits per heavy atom. The van der Waals surface area contributed by atoms with Gasteiger partial charge in [0.25, 0.3) is 0 Å². The van der Waals surface area contributed by atoms with Gasteiger partial charge < -0.3 is 33.9 Å². The van der Waals surface area contributed by atoms with E-state index in [0.717, 1.165) is 64.3 Å². The second-order valence-electron chi connectivity index (χ2n) is 25.4. The van der Waals surface area contributed by atoms with Crippen molar-refractivity contribution in [2.45, 2.75) is 187 Å². The smallest absolute Gasteiger partial charge is 0.358 e. The van der Waals surface area contributed by atoms with E-state index in [1.165, 1.54) is 104 Å². The number of fused-ring (bicyclic) bond motifs is 2. The predicted octanol–water partition coefficient (Wildman–Crippen LogP) is -3.51. The maximum absolute atomic E-state index is 12.9. The summed E-state index contributed by atoms with van der Waals surface area (Å²) in [6.45, 7) is 11.9. The summed E-state index contributed by atoms with van der Waals surface area (Å²) in [5, 5.41) is 32.0. The number of carboxylic acid groups (broad SMARTS) is 2. The highest BCUT2D eigenvalue weighted by molar-refractivity contribution is 5.92. The van der Waals surface area contributed by atoms with Crippen LogP contribution in [0.3, 0.4) is 0 Å². The molecule has 0 radical (unpaired) electrons. The Balaban J connectivity index is 0.000000350. The number of nitrogens with two attached hydrogens (primary N) is 1. The summed E-state index contributed by atoms with van der Waals surface area (Å²) in [5.74, 6) is -1.84. The van der Waals surface area contributed by atoms with E-state index in [2.05, 4.69) is 46.8 Å². The monoisotopic (exact) mass is 1580 g/mol. The molecule has 111 heavy (non-hydrogen) atoms. The number of Topliss-reactive ketones (excluding diaryl/α,β-unsaturated/α-hetero) is 1. The SMILES string of the molecule is CC(=O)N1CCC[C@@H](C(=O)O)N1.COC(=O)[C@@H]1CCCN(C(C)=O)N1.COC(=O)[C@@H]1CCCN(C(C)=O)N1C(=O)N(CCC(C)=O)NC(C)=O.COC(=O)[C@@H]1CCCN2C(=O)CCN(N)C(=O)N12.COC(=O)[C@@H]1CCCN2C(=O)CCN(NC(C)=O)C(=O)N12.COC(=O)[C@@H]1CCCNN1C(=O)N(CCC(=O)O)NC(C)=O. The lowest BCUT2D eigenvalue weighted by molar-refractivity contribution is -0.166. The van der Waals surface area contributed by atoms with Gasteiger partial charge in [-0.3, -0.25) is 88.8 Å². The van der Waals surface area contributed by atoms with Gasteiger partial charge in [0.15, 0.2) is 18.1 Å². The summed E-state index contributed by atoms with van der Waals surface area (Å²) in [7, 11) is 6.24. The van der Waals surface area contributed by atoms with Gasteiger partial charge in [0.1, 0.15) is 23.9 Å². The van der Waals surface area contributed by atoms with Crippen LogP contribution in [0.4, 0.5) is 19.2 Å². The van der Waals surface area contributed by atoms with Crippen LogP contribution in [-0.4, -0.2) is 332 Å². The number of hydrazine groups is 10. The molecular weight excluding hydrogens is 1480 g/mol. The van der Waals surface area contributed by atoms with Gasteiger partial charge in [0, 0.05) is 107 Å². The van der Waals surface area contributed by atoms with Crippen molar-refractivity contribution in [3.63, 3.8) is 0 Å². The fourth-order valence-corrected chi connectivity index (χ4v) is 11.8. The number of ketones is 1. The third-order valence-electron chi connectivity index (χ3n) is 17.2. The zero-order valence-corrected chi connectivity index (χ0v) is 64.3. The lowest BCUT2D eigenvalue weighted by atomic mass is 10.1. The molecule has 0 spiro atoms. The number of hydrogen-bond acceptors (Lipinski definition) is 29. The summed E-state index contributed by atoms with van der Waals surface area (Å²) in [4.78, 5) is 232. The molecule has 6 atom stereocenters. The summed E-state index contributed by atoms with van der Waals surface area (Å²) in [5.41, 5.74) is 15.2. The average Bonchev–Trinajstić information content (AvgIpc) is 1.16. The molecule has 8 aliphatic rings. The number of nitrogens with one attached hydrogen (secondary N) is 6. The number of aliphatic carboxylic acids is 2. The van der Waals surface area contributed by atoms with Crippen molar-refractivity contribution in [2.24, 2.45) is 5.84 Å². The van der Waals surface area contributed by atoms with Crippen molar-refractivity contribution in [1.82, 2.24) is 97.7 Å². The third kappa shape index (κ3) is 28.5. The molecule has 8 saturated heterocycles. The summed E-state index contributed by atoms with van der Waals surface area (Å²) in [6, 6.07) is -7.06. The Hall–Kier alpha value is -11.4. The molecule has 0 unspecified atom stereocenters. The van der Waals surface area contributed by atoms with Crippen molar-refractivity contribution in [2.75, 3.05) is 101 Å². The molecular formula is C64H104N20O27. The zero-order valence-electron chi connectivity index (χ0n) is 64.3. The van der Waals surface area contributed by atoms with Gasteiger partial charge in [0.05, 0.1) is 61.6 Å². The van der Waals surface area contributed by atoms with Crippen LogP contribution in [0.5, 0.6) is 0 Å². The summed E-state index contributed by atoms with van der Waals surface area (Å²) < 4.78 is 23.3. The first kappa shape index (κ1) is 93.8. The topological polar surface area (TPSA) is 568 Å². The highest BCUT2D eigenvalue weighted by atomic mass is 16.5. The van der Waals surface area contributed by atoms with Crippen molar-refractivity contribution in [3.05, 3.63) is 0 Å². The molecule has 8 fully saturated rings. The van der Waals surface area contributed by atoms with Crippen molar-refractivity contribution < 1.29 is 130 Å². The first-order chi connectivity index (χ1) is 52.3. The molecule has 0 aromatic carbocycles. The van der Waals surface area contributed by atoms with Crippen LogP contribution >= 0.6 is 0 Å². The first-order valence-electron chi connectivity index (χ1n) is 35.4. The van der Waals surface area contributed by atoms with E-state index in [4.69, 9.17) is 25.5 Å². The molecule has 8 heterocycles. The third-order valence-corrected chi connectivity index (χ3v) is 17.2. The minimum Gasteiger partial charge on any atom is -0.481 e. The normalized spacial score (nSPS) is 20.8. The number of carbonyl (C=O) groups is 20. The number of carbonyl (C=O) groups excluding carboxylic acids is 18. The molecule has 0 aromatic heterocycles. The highest BCUT2D eigenvalue weighted by Gasteiger charge is 2.47. The van der Waals surface area contributed by atoms with E-state index in [0.29, 0.717) is 90.5 Å². The van der Waals surface area contributed by atoms with Crippen molar-refractivity contribution >= 4 is 119 Å². The minimum atomic E-state index is -1.11. The quantitative estimate of drug-likeness (QED) is 0.0284. The largest absolute Gasteiger partial charge is 0.481 e. The molecule has 16 amide bonds. The molecule has 10 N–H and O–H groups in total. The first-order valence-corrected chi connectivity index (χ1v) is 35.4. The molecule has 0 aromatic rings. The van der Waals surface area contributed by atoms with E-state index in [-0.39, 0.29) is 99.8 Å². The molecule has 622 valence electrons. The van der Waals surface area contributed by atoms with Crippen LogP contribution in [0.25, 0.3) is 0 Å². The fraction of sp³-hybridized carbons (Fsp3) is 0.688. The molecule has 47 heteroatoms. The number of rotatable bonds is 13.